The van der Waals surface area contributed by atoms with Crippen molar-refractivity contribution in [3.05, 3.63) is 56.6 Å². The Kier molecular flexibility index (Phi) is 5.23. The molecule has 10 heteroatoms. The summed E-state index contributed by atoms with van der Waals surface area (Å²) in [4.78, 5) is 10.8. The van der Waals surface area contributed by atoms with Gasteiger partial charge in [0.05, 0.1) is 14.9 Å². The minimum absolute atomic E-state index is 0.00240. The molecule has 1 heterocycles. The Labute approximate surface area is 142 Å². The maximum Gasteiger partial charge on any atom is 0.175 e. The molecule has 0 saturated carbocycles. The van der Waals surface area contributed by atoms with E-state index in [2.05, 4.69) is 20.0 Å². The van der Waals surface area contributed by atoms with Crippen molar-refractivity contribution in [1.29, 1.82) is 0 Å². The van der Waals surface area contributed by atoms with Crippen LogP contribution in [0.25, 0.3) is 10.4 Å². The van der Waals surface area contributed by atoms with Gasteiger partial charge in [-0.1, -0.05) is 28.3 Å². The van der Waals surface area contributed by atoms with Gasteiger partial charge in [0.2, 0.25) is 0 Å². The highest BCUT2D eigenvalue weighted by molar-refractivity contribution is 7.90. The molecule has 0 aliphatic rings. The van der Waals surface area contributed by atoms with Crippen LogP contribution in [0.3, 0.4) is 0 Å². The molecule has 0 aliphatic carbocycles. The summed E-state index contributed by atoms with van der Waals surface area (Å²) in [6.45, 7) is 0. The second-order valence-corrected chi connectivity index (χ2v) is 7.22. The van der Waals surface area contributed by atoms with E-state index >= 15 is 0 Å². The van der Waals surface area contributed by atoms with Gasteiger partial charge >= 0.3 is 0 Å². The molecule has 0 aliphatic heterocycles. The first-order valence-corrected chi connectivity index (χ1v) is 8.70. The molecule has 0 amide bonds. The third-order valence-corrected chi connectivity index (χ3v) is 4.40. The quantitative estimate of drug-likeness (QED) is 0.342. The molecule has 23 heavy (non-hydrogen) atoms. The minimum Gasteiger partial charge on any atom is -0.264 e. The van der Waals surface area contributed by atoms with Crippen molar-refractivity contribution in [2.75, 3.05) is 6.26 Å². The Morgan fingerprint density at radius 3 is 2.52 bits per heavy atom. The van der Waals surface area contributed by atoms with E-state index < -0.39 is 9.84 Å². The molecule has 2 rings (SSSR count). The zero-order valence-corrected chi connectivity index (χ0v) is 14.0. The number of pyridine rings is 1. The lowest BCUT2D eigenvalue weighted by Gasteiger charge is -2.05. The van der Waals surface area contributed by atoms with Crippen LogP contribution >= 0.6 is 23.2 Å². The summed E-state index contributed by atoms with van der Waals surface area (Å²) in [5, 5.41) is 3.69. The standard InChI is InChI=1S/C13H9Cl2N5O2S/c1-23(21,22)9-4-10(14)13(11(15)5-9)18-7-8-6-17-3-2-12(8)19-20-16/h2-7H,1H3. The molecule has 1 aromatic heterocycles. The van der Waals surface area contributed by atoms with Gasteiger partial charge in [0.25, 0.3) is 0 Å². The third-order valence-electron chi connectivity index (χ3n) is 2.73. The highest BCUT2D eigenvalue weighted by atomic mass is 35.5. The maximum absolute atomic E-state index is 11.5. The van der Waals surface area contributed by atoms with E-state index in [-0.39, 0.29) is 20.6 Å². The van der Waals surface area contributed by atoms with Gasteiger partial charge in [0.1, 0.15) is 5.69 Å². The third kappa shape index (κ3) is 4.20. The lowest BCUT2D eigenvalue weighted by atomic mass is 10.2. The maximum atomic E-state index is 11.5. The van der Waals surface area contributed by atoms with Crippen molar-refractivity contribution >= 4 is 50.6 Å². The Balaban J connectivity index is 2.47. The van der Waals surface area contributed by atoms with E-state index in [1.165, 1.54) is 36.8 Å². The molecule has 118 valence electrons. The van der Waals surface area contributed by atoms with Crippen LogP contribution in [-0.2, 0) is 9.84 Å². The summed E-state index contributed by atoms with van der Waals surface area (Å²) < 4.78 is 23.1. The monoisotopic (exact) mass is 369 g/mol. The molecule has 0 atom stereocenters. The normalized spacial score (nSPS) is 11.4. The number of hydrogen-bond acceptors (Lipinski definition) is 5. The molecule has 0 unspecified atom stereocenters. The first kappa shape index (κ1) is 17.2. The van der Waals surface area contributed by atoms with E-state index in [0.29, 0.717) is 11.3 Å². The van der Waals surface area contributed by atoms with E-state index in [4.69, 9.17) is 28.7 Å². The van der Waals surface area contributed by atoms with Crippen LogP contribution in [0.2, 0.25) is 10.0 Å². The topological polar surface area (TPSA) is 108 Å². The number of halogens is 2. The lowest BCUT2D eigenvalue weighted by Crippen LogP contribution is -1.97. The van der Waals surface area contributed by atoms with Crippen LogP contribution in [0.4, 0.5) is 11.4 Å². The van der Waals surface area contributed by atoms with Crippen LogP contribution in [0.1, 0.15) is 5.56 Å². The second kappa shape index (κ2) is 6.97. The zero-order valence-electron chi connectivity index (χ0n) is 11.7. The second-order valence-electron chi connectivity index (χ2n) is 4.39. The van der Waals surface area contributed by atoms with Crippen molar-refractivity contribution in [3.63, 3.8) is 0 Å². The highest BCUT2D eigenvalue weighted by Gasteiger charge is 2.13. The molecule has 0 radical (unpaired) electrons. The fourth-order valence-corrected chi connectivity index (χ4v) is 3.03. The lowest BCUT2D eigenvalue weighted by molar-refractivity contribution is 0.602. The number of nitrogens with zero attached hydrogens (tertiary/aromatic N) is 5. The fourth-order valence-electron chi connectivity index (χ4n) is 1.65. The fraction of sp³-hybridized carbons (Fsp3) is 0.0769. The van der Waals surface area contributed by atoms with E-state index in [9.17, 15) is 8.42 Å². The van der Waals surface area contributed by atoms with E-state index in [0.717, 1.165) is 6.26 Å². The van der Waals surface area contributed by atoms with Crippen molar-refractivity contribution < 1.29 is 8.42 Å². The molecule has 1 aromatic carbocycles. The Bertz CT molecular complexity index is 914. The van der Waals surface area contributed by atoms with Gasteiger partial charge in [-0.3, -0.25) is 9.98 Å². The molecular formula is C13H9Cl2N5O2S. The van der Waals surface area contributed by atoms with E-state index in [1.54, 1.807) is 0 Å². The SMILES string of the molecule is CS(=O)(=O)c1cc(Cl)c(N=Cc2cnccc2N=[N+]=[N-])c(Cl)c1. The number of aliphatic imine (C=N–C) groups is 1. The van der Waals surface area contributed by atoms with Crippen LogP contribution in [-0.4, -0.2) is 25.9 Å². The van der Waals surface area contributed by atoms with Crippen LogP contribution < -0.4 is 0 Å². The van der Waals surface area contributed by atoms with Crippen LogP contribution in [0.15, 0.2) is 45.6 Å². The molecule has 7 nitrogen and oxygen atoms in total. The average molecular weight is 370 g/mol. The minimum atomic E-state index is -3.43. The number of aromatic nitrogens is 1. The summed E-state index contributed by atoms with van der Waals surface area (Å²) in [5.74, 6) is 0. The number of sulfone groups is 1. The Hall–Kier alpha value is -2.12. The molecule has 0 saturated heterocycles. The van der Waals surface area contributed by atoms with Gasteiger partial charge in [0.15, 0.2) is 9.84 Å². The molecule has 0 N–H and O–H groups in total. The van der Waals surface area contributed by atoms with Crippen molar-refractivity contribution in [2.24, 2.45) is 10.1 Å². The van der Waals surface area contributed by atoms with Gasteiger partial charge in [-0.2, -0.15) is 0 Å². The van der Waals surface area contributed by atoms with Crippen molar-refractivity contribution in [1.82, 2.24) is 4.98 Å². The Morgan fingerprint density at radius 2 is 1.96 bits per heavy atom. The van der Waals surface area contributed by atoms with Crippen LogP contribution in [0, 0.1) is 0 Å². The zero-order chi connectivity index (χ0) is 17.0. The summed E-state index contributed by atoms with van der Waals surface area (Å²) >= 11 is 12.1. The van der Waals surface area contributed by atoms with Gasteiger partial charge in [-0.05, 0) is 23.7 Å². The van der Waals surface area contributed by atoms with E-state index in [1.807, 2.05) is 0 Å². The predicted molar refractivity (Wildman–Crippen MR) is 89.9 cm³/mol. The molecule has 2 aromatic rings. The van der Waals surface area contributed by atoms with Gasteiger partial charge in [-0.25, -0.2) is 8.42 Å². The molecule has 0 fully saturated rings. The summed E-state index contributed by atoms with van der Waals surface area (Å²) in [6.07, 6.45) is 5.37. The number of hydrogen-bond donors (Lipinski definition) is 0. The summed E-state index contributed by atoms with van der Waals surface area (Å²) in [7, 11) is -3.43. The summed E-state index contributed by atoms with van der Waals surface area (Å²) in [5.41, 5.74) is 9.53. The van der Waals surface area contributed by atoms with Crippen LogP contribution in [0.5, 0.6) is 0 Å². The molecule has 0 spiro atoms. The van der Waals surface area contributed by atoms with Gasteiger partial charge in [0, 0.05) is 41.0 Å². The molecule has 0 bridgehead atoms. The first-order valence-electron chi connectivity index (χ1n) is 6.05. The average Bonchev–Trinajstić information content (AvgIpc) is 2.47. The highest BCUT2D eigenvalue weighted by Crippen LogP contribution is 2.35. The van der Waals surface area contributed by atoms with Crippen molar-refractivity contribution in [2.45, 2.75) is 4.90 Å². The number of azide groups is 1. The summed E-state index contributed by atoms with van der Waals surface area (Å²) in [6, 6.07) is 4.07. The number of benzene rings is 1. The van der Waals surface area contributed by atoms with Gasteiger partial charge < -0.3 is 0 Å². The molecular weight excluding hydrogens is 361 g/mol. The number of rotatable bonds is 4. The smallest absolute Gasteiger partial charge is 0.175 e. The van der Waals surface area contributed by atoms with Gasteiger partial charge in [-0.15, -0.1) is 0 Å². The predicted octanol–water partition coefficient (Wildman–Crippen LogP) is 4.48. The first-order chi connectivity index (χ1) is 10.8. The Morgan fingerprint density at radius 1 is 1.30 bits per heavy atom. The largest absolute Gasteiger partial charge is 0.264 e. The van der Waals surface area contributed by atoms with Crippen molar-refractivity contribution in [3.8, 4) is 0 Å².